The van der Waals surface area contributed by atoms with E-state index in [1.165, 1.54) is 7.11 Å². The zero-order valence-corrected chi connectivity index (χ0v) is 12.3. The average Bonchev–Trinajstić information content (AvgIpc) is 2.52. The third-order valence-electron chi connectivity index (χ3n) is 2.57. The number of benzene rings is 1. The molecule has 9 heteroatoms. The van der Waals surface area contributed by atoms with Crippen molar-refractivity contribution in [2.45, 2.75) is 12.8 Å². The van der Waals surface area contributed by atoms with Crippen LogP contribution in [0.2, 0.25) is 0 Å². The standard InChI is InChI=1S/C14H16N2O7/c1-22-9-2-4-10(5-3-9)23-8-12(17)16-15-11(14(20)21)6-7-13(18)19/h2-5H,6-8H2,1H3,(H,16,17)(H,18,19)(H,20,21)/b15-11+. The third kappa shape index (κ3) is 6.93. The fourth-order valence-corrected chi connectivity index (χ4v) is 1.42. The molecule has 3 N–H and O–H groups in total. The van der Waals surface area contributed by atoms with E-state index in [1.54, 1.807) is 24.3 Å². The first kappa shape index (κ1) is 18.0. The summed E-state index contributed by atoms with van der Waals surface area (Å²) < 4.78 is 10.2. The highest BCUT2D eigenvalue weighted by atomic mass is 16.5. The van der Waals surface area contributed by atoms with Crippen molar-refractivity contribution in [2.24, 2.45) is 5.10 Å². The first-order valence-electron chi connectivity index (χ1n) is 6.49. The molecule has 0 fully saturated rings. The van der Waals surface area contributed by atoms with Gasteiger partial charge in [-0.05, 0) is 24.3 Å². The predicted octanol–water partition coefficient (Wildman–Crippen LogP) is 0.496. The highest BCUT2D eigenvalue weighted by molar-refractivity contribution is 6.35. The van der Waals surface area contributed by atoms with Gasteiger partial charge >= 0.3 is 11.9 Å². The monoisotopic (exact) mass is 324 g/mol. The van der Waals surface area contributed by atoms with Crippen LogP contribution in [0, 0.1) is 0 Å². The predicted molar refractivity (Wildman–Crippen MR) is 78.6 cm³/mol. The number of hydrazone groups is 1. The molecule has 9 nitrogen and oxygen atoms in total. The zero-order valence-electron chi connectivity index (χ0n) is 12.3. The van der Waals surface area contributed by atoms with Gasteiger partial charge in [-0.2, -0.15) is 5.10 Å². The van der Waals surface area contributed by atoms with Crippen molar-refractivity contribution in [1.29, 1.82) is 0 Å². The van der Waals surface area contributed by atoms with E-state index in [0.717, 1.165) is 0 Å². The highest BCUT2D eigenvalue weighted by Crippen LogP contribution is 2.16. The molecule has 1 aromatic carbocycles. The Morgan fingerprint density at radius 3 is 2.22 bits per heavy atom. The summed E-state index contributed by atoms with van der Waals surface area (Å²) in [7, 11) is 1.52. The SMILES string of the molecule is COc1ccc(OCC(=O)N/N=C(\CCC(=O)O)C(=O)O)cc1. The van der Waals surface area contributed by atoms with Gasteiger partial charge in [-0.15, -0.1) is 0 Å². The van der Waals surface area contributed by atoms with Gasteiger partial charge in [0.05, 0.1) is 13.5 Å². The van der Waals surface area contributed by atoms with E-state index >= 15 is 0 Å². The van der Waals surface area contributed by atoms with Crippen molar-refractivity contribution in [3.8, 4) is 11.5 Å². The van der Waals surface area contributed by atoms with Crippen molar-refractivity contribution in [3.05, 3.63) is 24.3 Å². The van der Waals surface area contributed by atoms with Crippen LogP contribution in [0.4, 0.5) is 0 Å². The zero-order chi connectivity index (χ0) is 17.2. The number of nitrogens with zero attached hydrogens (tertiary/aromatic N) is 1. The molecule has 0 aliphatic heterocycles. The number of carbonyl (C=O) groups is 3. The Labute approximate surface area is 131 Å². The first-order chi connectivity index (χ1) is 10.9. The third-order valence-corrected chi connectivity index (χ3v) is 2.57. The lowest BCUT2D eigenvalue weighted by atomic mass is 10.2. The Balaban J connectivity index is 2.48. The largest absolute Gasteiger partial charge is 0.497 e. The number of rotatable bonds is 9. The number of ether oxygens (including phenoxy) is 2. The second kappa shape index (κ2) is 9.03. The van der Waals surface area contributed by atoms with Gasteiger partial charge in [-0.1, -0.05) is 0 Å². The summed E-state index contributed by atoms with van der Waals surface area (Å²) in [6, 6.07) is 6.51. The number of amides is 1. The van der Waals surface area contributed by atoms with Crippen LogP contribution in [-0.4, -0.2) is 47.5 Å². The van der Waals surface area contributed by atoms with Crippen LogP contribution in [-0.2, 0) is 14.4 Å². The Kier molecular flexibility index (Phi) is 7.05. The summed E-state index contributed by atoms with van der Waals surface area (Å²) in [5, 5.41) is 20.7. The molecule has 1 rings (SSSR count). The van der Waals surface area contributed by atoms with E-state index < -0.39 is 30.0 Å². The molecule has 0 aromatic heterocycles. The van der Waals surface area contributed by atoms with Crippen LogP contribution in [0.1, 0.15) is 12.8 Å². The van der Waals surface area contributed by atoms with E-state index in [4.69, 9.17) is 19.7 Å². The summed E-state index contributed by atoms with van der Waals surface area (Å²) in [5.74, 6) is -2.17. The minimum absolute atomic E-state index is 0.301. The summed E-state index contributed by atoms with van der Waals surface area (Å²) >= 11 is 0. The first-order valence-corrected chi connectivity index (χ1v) is 6.49. The molecule has 124 valence electrons. The summed E-state index contributed by atoms with van der Waals surface area (Å²) in [4.78, 5) is 32.8. The highest BCUT2D eigenvalue weighted by Gasteiger charge is 2.12. The molecule has 0 atom stereocenters. The minimum atomic E-state index is -1.40. The molecular weight excluding hydrogens is 308 g/mol. The lowest BCUT2D eigenvalue weighted by Gasteiger charge is -2.06. The molecule has 0 aliphatic carbocycles. The van der Waals surface area contributed by atoms with Gasteiger partial charge in [0.25, 0.3) is 5.91 Å². The Bertz CT molecular complexity index is 596. The van der Waals surface area contributed by atoms with Gasteiger partial charge < -0.3 is 19.7 Å². The Hall–Kier alpha value is -3.10. The lowest BCUT2D eigenvalue weighted by molar-refractivity contribution is -0.136. The van der Waals surface area contributed by atoms with Crippen molar-refractivity contribution in [3.63, 3.8) is 0 Å². The number of carboxylic acids is 2. The van der Waals surface area contributed by atoms with Crippen molar-refractivity contribution in [2.75, 3.05) is 13.7 Å². The summed E-state index contributed by atoms with van der Waals surface area (Å²) in [5.41, 5.74) is 1.55. The molecule has 0 unspecified atom stereocenters. The van der Waals surface area contributed by atoms with E-state index in [2.05, 4.69) is 5.10 Å². The van der Waals surface area contributed by atoms with E-state index in [1.807, 2.05) is 5.43 Å². The minimum Gasteiger partial charge on any atom is -0.497 e. The molecule has 0 saturated carbocycles. The second-order valence-electron chi connectivity index (χ2n) is 4.26. The molecule has 0 bridgehead atoms. The van der Waals surface area contributed by atoms with Gasteiger partial charge in [0.15, 0.2) is 6.61 Å². The molecule has 0 heterocycles. The van der Waals surface area contributed by atoms with Crippen LogP contribution in [0.15, 0.2) is 29.4 Å². The van der Waals surface area contributed by atoms with Crippen LogP contribution in [0.5, 0.6) is 11.5 Å². The second-order valence-corrected chi connectivity index (χ2v) is 4.26. The van der Waals surface area contributed by atoms with Crippen LogP contribution >= 0.6 is 0 Å². The van der Waals surface area contributed by atoms with Crippen LogP contribution in [0.3, 0.4) is 0 Å². The van der Waals surface area contributed by atoms with Gasteiger partial charge in [-0.3, -0.25) is 9.59 Å². The normalized spacial score (nSPS) is 10.7. The molecule has 1 amide bonds. The number of methoxy groups -OCH3 is 1. The van der Waals surface area contributed by atoms with Gasteiger partial charge in [0.2, 0.25) is 0 Å². The topological polar surface area (TPSA) is 135 Å². The van der Waals surface area contributed by atoms with Crippen molar-refractivity contribution < 1.29 is 34.1 Å². The van der Waals surface area contributed by atoms with E-state index in [0.29, 0.717) is 11.5 Å². The molecular formula is C14H16N2O7. The average molecular weight is 324 g/mol. The van der Waals surface area contributed by atoms with Crippen molar-refractivity contribution in [1.82, 2.24) is 5.43 Å². The molecule has 1 aromatic rings. The van der Waals surface area contributed by atoms with E-state index in [9.17, 15) is 14.4 Å². The van der Waals surface area contributed by atoms with Gasteiger partial charge in [0, 0.05) is 6.42 Å². The number of aliphatic carboxylic acids is 2. The smallest absolute Gasteiger partial charge is 0.352 e. The number of carboxylic acid groups (broad SMARTS) is 2. The Morgan fingerprint density at radius 2 is 1.70 bits per heavy atom. The number of hydrogen-bond donors (Lipinski definition) is 3. The quantitative estimate of drug-likeness (QED) is 0.444. The van der Waals surface area contributed by atoms with Crippen LogP contribution in [0.25, 0.3) is 0 Å². The maximum atomic E-state index is 11.5. The summed E-state index contributed by atoms with van der Waals surface area (Å²) in [6.07, 6.45) is -0.701. The van der Waals surface area contributed by atoms with Gasteiger partial charge in [-0.25, -0.2) is 10.2 Å². The maximum absolute atomic E-state index is 11.5. The molecule has 0 aliphatic rings. The molecule has 0 spiro atoms. The number of nitrogens with one attached hydrogen (secondary N) is 1. The van der Waals surface area contributed by atoms with Crippen molar-refractivity contribution >= 4 is 23.6 Å². The fraction of sp³-hybridized carbons (Fsp3) is 0.286. The fourth-order valence-electron chi connectivity index (χ4n) is 1.42. The Morgan fingerprint density at radius 1 is 1.09 bits per heavy atom. The molecule has 0 saturated heterocycles. The maximum Gasteiger partial charge on any atom is 0.352 e. The number of hydrogen-bond acceptors (Lipinski definition) is 6. The van der Waals surface area contributed by atoms with Crippen LogP contribution < -0.4 is 14.9 Å². The van der Waals surface area contributed by atoms with Gasteiger partial charge in [0.1, 0.15) is 17.2 Å². The lowest BCUT2D eigenvalue weighted by Crippen LogP contribution is -2.28. The number of carbonyl (C=O) groups excluding carboxylic acids is 1. The molecule has 0 radical (unpaired) electrons. The molecule has 23 heavy (non-hydrogen) atoms. The summed E-state index contributed by atoms with van der Waals surface area (Å²) in [6.45, 7) is -0.373. The van der Waals surface area contributed by atoms with E-state index in [-0.39, 0.29) is 13.0 Å².